The van der Waals surface area contributed by atoms with Gasteiger partial charge in [-0.2, -0.15) is 0 Å². The molecule has 0 amide bonds. The van der Waals surface area contributed by atoms with Crippen molar-refractivity contribution >= 4 is 0 Å². The zero-order valence-electron chi connectivity index (χ0n) is 12.0. The van der Waals surface area contributed by atoms with Gasteiger partial charge in [0, 0.05) is 6.61 Å². The standard InChI is InChI=1S/C15H26N2O2/c1-3-19-15(7-4-12(2)5-8-15)14(17-16)10-13-6-9-18-11-13/h6,9,11-12,14,17H,3-5,7-8,10,16H2,1-2H3. The van der Waals surface area contributed by atoms with Gasteiger partial charge < -0.3 is 9.15 Å². The Hall–Kier alpha value is -0.840. The van der Waals surface area contributed by atoms with Crippen molar-refractivity contribution in [3.05, 3.63) is 24.2 Å². The molecule has 4 heteroatoms. The Morgan fingerprint density at radius 1 is 1.53 bits per heavy atom. The van der Waals surface area contributed by atoms with E-state index in [2.05, 4.69) is 19.3 Å². The summed E-state index contributed by atoms with van der Waals surface area (Å²) in [5.74, 6) is 6.60. The highest BCUT2D eigenvalue weighted by Crippen LogP contribution is 2.38. The second kappa shape index (κ2) is 6.55. The lowest BCUT2D eigenvalue weighted by Gasteiger charge is -2.44. The first-order valence-electron chi connectivity index (χ1n) is 7.31. The lowest BCUT2D eigenvalue weighted by molar-refractivity contribution is -0.0961. The summed E-state index contributed by atoms with van der Waals surface area (Å²) in [5, 5.41) is 0. The molecule has 1 unspecified atom stereocenters. The van der Waals surface area contributed by atoms with E-state index in [0.29, 0.717) is 0 Å². The zero-order chi connectivity index (χ0) is 13.7. The van der Waals surface area contributed by atoms with Crippen LogP contribution >= 0.6 is 0 Å². The molecule has 4 nitrogen and oxygen atoms in total. The van der Waals surface area contributed by atoms with Crippen LogP contribution in [-0.2, 0) is 11.2 Å². The molecule has 1 atom stereocenters. The molecule has 0 aliphatic heterocycles. The fraction of sp³-hybridized carbons (Fsp3) is 0.733. The van der Waals surface area contributed by atoms with E-state index in [0.717, 1.165) is 31.8 Å². The molecule has 0 spiro atoms. The summed E-state index contributed by atoms with van der Waals surface area (Å²) in [6, 6.07) is 2.13. The van der Waals surface area contributed by atoms with E-state index in [9.17, 15) is 0 Å². The van der Waals surface area contributed by atoms with Crippen LogP contribution in [0.15, 0.2) is 23.0 Å². The smallest absolute Gasteiger partial charge is 0.0935 e. The molecule has 1 saturated carbocycles. The van der Waals surface area contributed by atoms with Crippen molar-refractivity contribution < 1.29 is 9.15 Å². The molecule has 1 aliphatic rings. The summed E-state index contributed by atoms with van der Waals surface area (Å²) in [5.41, 5.74) is 4.02. The van der Waals surface area contributed by atoms with Gasteiger partial charge in [-0.1, -0.05) is 6.92 Å². The van der Waals surface area contributed by atoms with Gasteiger partial charge in [0.2, 0.25) is 0 Å². The van der Waals surface area contributed by atoms with Crippen LogP contribution in [0.4, 0.5) is 0 Å². The Morgan fingerprint density at radius 3 is 2.79 bits per heavy atom. The fourth-order valence-corrected chi connectivity index (χ4v) is 3.17. The first-order valence-corrected chi connectivity index (χ1v) is 7.31. The molecular weight excluding hydrogens is 240 g/mol. The summed E-state index contributed by atoms with van der Waals surface area (Å²) in [4.78, 5) is 0. The van der Waals surface area contributed by atoms with E-state index in [-0.39, 0.29) is 11.6 Å². The maximum Gasteiger partial charge on any atom is 0.0935 e. The molecule has 2 rings (SSSR count). The molecule has 0 bridgehead atoms. The number of hydrogen-bond acceptors (Lipinski definition) is 4. The van der Waals surface area contributed by atoms with Gasteiger partial charge in [0.1, 0.15) is 0 Å². The van der Waals surface area contributed by atoms with Gasteiger partial charge in [-0.15, -0.1) is 0 Å². The SMILES string of the molecule is CCOC1(C(Cc2ccoc2)NN)CCC(C)CC1. The van der Waals surface area contributed by atoms with Crippen molar-refractivity contribution in [2.75, 3.05) is 6.61 Å². The van der Waals surface area contributed by atoms with E-state index < -0.39 is 0 Å². The van der Waals surface area contributed by atoms with Gasteiger partial charge in [0.05, 0.1) is 24.2 Å². The number of nitrogens with one attached hydrogen (secondary N) is 1. The van der Waals surface area contributed by atoms with Crippen LogP contribution in [0.3, 0.4) is 0 Å². The van der Waals surface area contributed by atoms with Crippen LogP contribution in [0.25, 0.3) is 0 Å². The molecule has 19 heavy (non-hydrogen) atoms. The molecule has 3 N–H and O–H groups in total. The molecule has 1 aromatic rings. The maximum absolute atomic E-state index is 6.15. The monoisotopic (exact) mass is 266 g/mol. The van der Waals surface area contributed by atoms with Gasteiger partial charge >= 0.3 is 0 Å². The number of furan rings is 1. The van der Waals surface area contributed by atoms with Gasteiger partial charge in [0.15, 0.2) is 0 Å². The summed E-state index contributed by atoms with van der Waals surface area (Å²) in [6.45, 7) is 5.11. The first kappa shape index (κ1) is 14.6. The van der Waals surface area contributed by atoms with E-state index in [1.807, 2.05) is 6.07 Å². The van der Waals surface area contributed by atoms with Crippen molar-refractivity contribution in [3.63, 3.8) is 0 Å². The van der Waals surface area contributed by atoms with Gasteiger partial charge in [-0.3, -0.25) is 11.3 Å². The predicted molar refractivity (Wildman–Crippen MR) is 75.5 cm³/mol. The van der Waals surface area contributed by atoms with Crippen LogP contribution in [0, 0.1) is 5.92 Å². The third kappa shape index (κ3) is 3.38. The predicted octanol–water partition coefficient (Wildman–Crippen LogP) is 2.64. The highest BCUT2D eigenvalue weighted by molar-refractivity contribution is 5.11. The second-order valence-electron chi connectivity index (χ2n) is 5.74. The lowest BCUT2D eigenvalue weighted by atomic mass is 9.74. The number of rotatable bonds is 6. The van der Waals surface area contributed by atoms with Crippen molar-refractivity contribution in [2.45, 2.75) is 57.6 Å². The average molecular weight is 266 g/mol. The Balaban J connectivity index is 2.10. The quantitative estimate of drug-likeness (QED) is 0.614. The lowest BCUT2D eigenvalue weighted by Crippen LogP contribution is -2.57. The number of hydrazine groups is 1. The highest BCUT2D eigenvalue weighted by Gasteiger charge is 2.41. The zero-order valence-corrected chi connectivity index (χ0v) is 12.0. The highest BCUT2D eigenvalue weighted by atomic mass is 16.5. The Labute approximate surface area is 115 Å². The Bertz CT molecular complexity index is 356. The van der Waals surface area contributed by atoms with Crippen molar-refractivity contribution in [1.82, 2.24) is 5.43 Å². The minimum atomic E-state index is -0.132. The molecule has 1 heterocycles. The minimum Gasteiger partial charge on any atom is -0.472 e. The summed E-state index contributed by atoms with van der Waals surface area (Å²) < 4.78 is 11.3. The van der Waals surface area contributed by atoms with Crippen LogP contribution in [0.1, 0.15) is 45.1 Å². The van der Waals surface area contributed by atoms with E-state index >= 15 is 0 Å². The first-order chi connectivity index (χ1) is 9.20. The topological polar surface area (TPSA) is 60.4 Å². The number of nitrogens with two attached hydrogens (primary N) is 1. The largest absolute Gasteiger partial charge is 0.472 e. The Kier molecular flexibility index (Phi) is 5.02. The van der Waals surface area contributed by atoms with E-state index in [1.54, 1.807) is 12.5 Å². The molecule has 0 radical (unpaired) electrons. The van der Waals surface area contributed by atoms with Crippen molar-refractivity contribution in [3.8, 4) is 0 Å². The summed E-state index contributed by atoms with van der Waals surface area (Å²) in [7, 11) is 0. The molecule has 1 fully saturated rings. The summed E-state index contributed by atoms with van der Waals surface area (Å²) in [6.07, 6.45) is 8.92. The summed E-state index contributed by atoms with van der Waals surface area (Å²) >= 11 is 0. The average Bonchev–Trinajstić information content (AvgIpc) is 2.92. The minimum absolute atomic E-state index is 0.132. The molecule has 108 valence electrons. The van der Waals surface area contributed by atoms with E-state index in [1.165, 1.54) is 18.4 Å². The normalized spacial score (nSPS) is 29.3. The Morgan fingerprint density at radius 2 is 2.26 bits per heavy atom. The number of hydrogen-bond donors (Lipinski definition) is 2. The van der Waals surface area contributed by atoms with Gasteiger partial charge in [0.25, 0.3) is 0 Å². The fourth-order valence-electron chi connectivity index (χ4n) is 3.17. The third-order valence-corrected chi connectivity index (χ3v) is 4.41. The molecular formula is C15H26N2O2. The maximum atomic E-state index is 6.15. The van der Waals surface area contributed by atoms with E-state index in [4.69, 9.17) is 15.0 Å². The molecule has 0 saturated heterocycles. The van der Waals surface area contributed by atoms with Crippen LogP contribution in [-0.4, -0.2) is 18.2 Å². The van der Waals surface area contributed by atoms with Crippen LogP contribution < -0.4 is 11.3 Å². The molecule has 1 aliphatic carbocycles. The molecule has 0 aromatic carbocycles. The second-order valence-corrected chi connectivity index (χ2v) is 5.74. The van der Waals surface area contributed by atoms with Crippen molar-refractivity contribution in [1.29, 1.82) is 0 Å². The van der Waals surface area contributed by atoms with Crippen molar-refractivity contribution in [2.24, 2.45) is 11.8 Å². The number of ether oxygens (including phenoxy) is 1. The van der Waals surface area contributed by atoms with Crippen LogP contribution in [0.2, 0.25) is 0 Å². The third-order valence-electron chi connectivity index (χ3n) is 4.41. The van der Waals surface area contributed by atoms with Crippen LogP contribution in [0.5, 0.6) is 0 Å². The molecule has 1 aromatic heterocycles. The van der Waals surface area contributed by atoms with Gasteiger partial charge in [-0.05, 0) is 56.6 Å². The van der Waals surface area contributed by atoms with Gasteiger partial charge in [-0.25, -0.2) is 0 Å².